The van der Waals surface area contributed by atoms with Gasteiger partial charge in [0.15, 0.2) is 12.4 Å². The summed E-state index contributed by atoms with van der Waals surface area (Å²) in [5.41, 5.74) is 5.82. The summed E-state index contributed by atoms with van der Waals surface area (Å²) in [4.78, 5) is 13.1. The van der Waals surface area contributed by atoms with E-state index in [9.17, 15) is 9.18 Å². The van der Waals surface area contributed by atoms with E-state index in [0.717, 1.165) is 0 Å². The van der Waals surface area contributed by atoms with Gasteiger partial charge in [-0.05, 0) is 0 Å². The van der Waals surface area contributed by atoms with Crippen LogP contribution in [0, 0.1) is 0 Å². The molecule has 8 heteroatoms. The molecule has 2 rings (SSSR count). The van der Waals surface area contributed by atoms with Crippen LogP contribution >= 0.6 is 0 Å². The highest BCUT2D eigenvalue weighted by Gasteiger charge is 2.48. The molecule has 21 heavy (non-hydrogen) atoms. The largest absolute Gasteiger partial charge is 0.382 e. The minimum absolute atomic E-state index is 0.0362. The van der Waals surface area contributed by atoms with E-state index >= 15 is 0 Å². The zero-order valence-electron chi connectivity index (χ0n) is 12.0. The molecular weight excluding hydrogens is 281 g/mol. The summed E-state index contributed by atoms with van der Waals surface area (Å²) in [5, 5.41) is 2.53. The second-order valence-corrected chi connectivity index (χ2v) is 4.83. The molecular formula is C13H20FN3O4. The number of methoxy groups -OCH3 is 2. The Bertz CT molecular complexity index is 457. The second-order valence-electron chi connectivity index (χ2n) is 4.83. The van der Waals surface area contributed by atoms with Gasteiger partial charge in [-0.15, -0.1) is 0 Å². The zero-order valence-corrected chi connectivity index (χ0v) is 12.0. The third kappa shape index (κ3) is 2.93. The van der Waals surface area contributed by atoms with Crippen molar-refractivity contribution in [2.45, 2.75) is 24.6 Å². The van der Waals surface area contributed by atoms with E-state index in [0.29, 0.717) is 5.57 Å². The average molecular weight is 301 g/mol. The Morgan fingerprint density at radius 2 is 2.29 bits per heavy atom. The highest BCUT2D eigenvalue weighted by Crippen LogP contribution is 2.31. The molecule has 0 spiro atoms. The molecule has 118 valence electrons. The van der Waals surface area contributed by atoms with Crippen LogP contribution in [0.4, 0.5) is 4.39 Å². The van der Waals surface area contributed by atoms with Crippen LogP contribution in [-0.2, 0) is 19.0 Å². The van der Waals surface area contributed by atoms with Crippen LogP contribution in [0.5, 0.6) is 0 Å². The van der Waals surface area contributed by atoms with Crippen LogP contribution in [0.15, 0.2) is 24.2 Å². The first-order chi connectivity index (χ1) is 10.0. The number of ether oxygens (including phenoxy) is 3. The van der Waals surface area contributed by atoms with Gasteiger partial charge in [-0.3, -0.25) is 4.79 Å². The molecule has 2 heterocycles. The Morgan fingerprint density at radius 1 is 1.57 bits per heavy atom. The number of nitrogens with two attached hydrogens (primary N) is 1. The minimum atomic E-state index is -1.42. The summed E-state index contributed by atoms with van der Waals surface area (Å²) in [5.74, 6) is -0.110. The summed E-state index contributed by atoms with van der Waals surface area (Å²) in [6.07, 6.45) is -2.21. The van der Waals surface area contributed by atoms with Crippen molar-refractivity contribution in [3.05, 3.63) is 24.2 Å². The first-order valence-electron chi connectivity index (χ1n) is 6.54. The van der Waals surface area contributed by atoms with Gasteiger partial charge in [-0.2, -0.15) is 0 Å². The number of amides is 1. The lowest BCUT2D eigenvalue weighted by Crippen LogP contribution is -2.47. The lowest BCUT2D eigenvalue weighted by atomic mass is 10.1. The van der Waals surface area contributed by atoms with Crippen LogP contribution in [0.3, 0.4) is 0 Å². The highest BCUT2D eigenvalue weighted by molar-refractivity contribution is 5.95. The van der Waals surface area contributed by atoms with Crippen LogP contribution < -0.4 is 11.1 Å². The van der Waals surface area contributed by atoms with Crippen molar-refractivity contribution >= 4 is 5.91 Å². The first kappa shape index (κ1) is 15.9. The monoisotopic (exact) mass is 301 g/mol. The van der Waals surface area contributed by atoms with E-state index in [2.05, 4.69) is 11.9 Å². The minimum Gasteiger partial charge on any atom is -0.382 e. The SMILES string of the molecule is C=C1NC(=O)C(CN)=CN1[C@@H]1O[C@H](COC)[C@@H](OC)C1F. The maximum absolute atomic E-state index is 14.6. The lowest BCUT2D eigenvalue weighted by Gasteiger charge is -2.33. The molecule has 4 atom stereocenters. The van der Waals surface area contributed by atoms with Gasteiger partial charge in [0.1, 0.15) is 18.0 Å². The van der Waals surface area contributed by atoms with Crippen molar-refractivity contribution in [2.24, 2.45) is 5.73 Å². The van der Waals surface area contributed by atoms with Crippen LogP contribution in [0.1, 0.15) is 0 Å². The highest BCUT2D eigenvalue weighted by atomic mass is 19.1. The third-order valence-electron chi connectivity index (χ3n) is 3.52. The molecule has 1 amide bonds. The van der Waals surface area contributed by atoms with Gasteiger partial charge in [0.2, 0.25) is 0 Å². The number of nitrogens with one attached hydrogen (secondary N) is 1. The molecule has 0 bridgehead atoms. The van der Waals surface area contributed by atoms with Gasteiger partial charge in [0.25, 0.3) is 5.91 Å². The van der Waals surface area contributed by atoms with Crippen LogP contribution in [0.2, 0.25) is 0 Å². The molecule has 0 aliphatic carbocycles. The maximum Gasteiger partial charge on any atom is 0.255 e. The normalized spacial score (nSPS) is 33.1. The molecule has 0 aromatic rings. The first-order valence-corrected chi connectivity index (χ1v) is 6.54. The molecule has 1 fully saturated rings. The van der Waals surface area contributed by atoms with Gasteiger partial charge in [0.05, 0.1) is 6.61 Å². The molecule has 1 unspecified atom stereocenters. The van der Waals surface area contributed by atoms with Gasteiger partial charge in [-0.25, -0.2) is 4.39 Å². The van der Waals surface area contributed by atoms with E-state index in [4.69, 9.17) is 19.9 Å². The van der Waals surface area contributed by atoms with E-state index in [1.807, 2.05) is 0 Å². The van der Waals surface area contributed by atoms with Crippen molar-refractivity contribution in [1.82, 2.24) is 10.2 Å². The number of rotatable bonds is 5. The summed E-state index contributed by atoms with van der Waals surface area (Å²) >= 11 is 0. The number of carbonyl (C=O) groups is 1. The Kier molecular flexibility index (Phi) is 4.94. The Labute approximate surface area is 122 Å². The molecule has 2 aliphatic rings. The summed E-state index contributed by atoms with van der Waals surface area (Å²) in [6.45, 7) is 3.95. The van der Waals surface area contributed by atoms with Gasteiger partial charge >= 0.3 is 0 Å². The predicted molar refractivity (Wildman–Crippen MR) is 72.5 cm³/mol. The fourth-order valence-electron chi connectivity index (χ4n) is 2.45. The second kappa shape index (κ2) is 6.52. The topological polar surface area (TPSA) is 86.1 Å². The van der Waals surface area contributed by atoms with Crippen LogP contribution in [-0.4, -0.2) is 62.8 Å². The van der Waals surface area contributed by atoms with Gasteiger partial charge in [-0.1, -0.05) is 6.58 Å². The van der Waals surface area contributed by atoms with E-state index in [1.165, 1.54) is 25.3 Å². The Balaban J connectivity index is 2.22. The number of halogens is 1. The Hall–Kier alpha value is -1.48. The summed E-state index contributed by atoms with van der Waals surface area (Å²) in [7, 11) is 2.92. The number of hydrogen-bond donors (Lipinski definition) is 2. The quantitative estimate of drug-likeness (QED) is 0.709. The van der Waals surface area contributed by atoms with Crippen molar-refractivity contribution in [1.29, 1.82) is 0 Å². The molecule has 2 aliphatic heterocycles. The van der Waals surface area contributed by atoms with Crippen molar-refractivity contribution in [3.63, 3.8) is 0 Å². The number of alkyl halides is 1. The third-order valence-corrected chi connectivity index (χ3v) is 3.52. The summed E-state index contributed by atoms with van der Waals surface area (Å²) < 4.78 is 30.4. The number of nitrogens with zero attached hydrogens (tertiary/aromatic N) is 1. The fraction of sp³-hybridized carbons (Fsp3) is 0.615. The van der Waals surface area contributed by atoms with Crippen molar-refractivity contribution < 1.29 is 23.4 Å². The summed E-state index contributed by atoms with van der Waals surface area (Å²) in [6, 6.07) is 0. The van der Waals surface area contributed by atoms with Gasteiger partial charge < -0.3 is 30.2 Å². The molecule has 1 saturated heterocycles. The molecule has 0 saturated carbocycles. The van der Waals surface area contributed by atoms with E-state index in [1.54, 1.807) is 0 Å². The lowest BCUT2D eigenvalue weighted by molar-refractivity contribution is -0.119. The smallest absolute Gasteiger partial charge is 0.255 e. The van der Waals surface area contributed by atoms with E-state index in [-0.39, 0.29) is 24.9 Å². The van der Waals surface area contributed by atoms with Gasteiger partial charge in [0, 0.05) is 32.5 Å². The molecule has 0 aromatic heterocycles. The predicted octanol–water partition coefficient (Wildman–Crippen LogP) is -0.544. The number of hydrogen-bond acceptors (Lipinski definition) is 6. The number of carbonyl (C=O) groups excluding carboxylic acids is 1. The van der Waals surface area contributed by atoms with Crippen LogP contribution in [0.25, 0.3) is 0 Å². The Morgan fingerprint density at radius 3 is 2.86 bits per heavy atom. The van der Waals surface area contributed by atoms with E-state index < -0.39 is 24.6 Å². The molecule has 0 radical (unpaired) electrons. The molecule has 3 N–H and O–H groups in total. The standard InChI is InChI=1S/C13H20FN3O4/c1-7-16-12(18)8(4-15)5-17(7)13-10(14)11(20-3)9(21-13)6-19-2/h5,9-11,13H,1,4,6,15H2,2-3H3,(H,16,18)/t9-,10?,11-,13-/m1/s1. The molecule has 7 nitrogen and oxygen atoms in total. The van der Waals surface area contributed by atoms with Crippen molar-refractivity contribution in [3.8, 4) is 0 Å². The van der Waals surface area contributed by atoms with Crippen molar-refractivity contribution in [2.75, 3.05) is 27.4 Å². The fourth-order valence-corrected chi connectivity index (χ4v) is 2.45. The maximum atomic E-state index is 14.6. The zero-order chi connectivity index (χ0) is 15.6. The average Bonchev–Trinajstić information content (AvgIpc) is 2.75. The molecule has 0 aromatic carbocycles.